The molecule has 1 atom stereocenters. The van der Waals surface area contributed by atoms with Crippen LogP contribution < -0.4 is 15.0 Å². The van der Waals surface area contributed by atoms with E-state index in [9.17, 15) is 4.79 Å². The molecule has 26 heavy (non-hydrogen) atoms. The number of pyridine rings is 1. The van der Waals surface area contributed by atoms with Gasteiger partial charge in [-0.3, -0.25) is 0 Å². The molecule has 2 fully saturated rings. The number of aromatic nitrogens is 2. The lowest BCUT2D eigenvalue weighted by molar-refractivity contribution is 0.186. The summed E-state index contributed by atoms with van der Waals surface area (Å²) in [5, 5.41) is 4.87. The van der Waals surface area contributed by atoms with Crippen LogP contribution in [0.5, 0.6) is 5.75 Å². The van der Waals surface area contributed by atoms with Crippen molar-refractivity contribution in [2.75, 3.05) is 31.1 Å². The molecule has 138 valence electrons. The summed E-state index contributed by atoms with van der Waals surface area (Å²) in [6.07, 6.45) is 5.05. The maximum atomic E-state index is 12.3. The van der Waals surface area contributed by atoms with Crippen molar-refractivity contribution < 1.29 is 9.53 Å². The molecule has 2 aromatic rings. The van der Waals surface area contributed by atoms with Crippen LogP contribution in [-0.2, 0) is 6.54 Å². The molecule has 7 nitrogen and oxygen atoms in total. The van der Waals surface area contributed by atoms with Gasteiger partial charge >= 0.3 is 6.03 Å². The van der Waals surface area contributed by atoms with E-state index in [1.165, 1.54) is 24.2 Å². The number of urea groups is 1. The zero-order valence-corrected chi connectivity index (χ0v) is 15.5. The first-order chi connectivity index (χ1) is 12.8. The largest absolute Gasteiger partial charge is 0.485 e. The molecule has 0 aliphatic carbocycles. The number of anilines is 1. The molecule has 0 unspecified atom stereocenters. The van der Waals surface area contributed by atoms with Gasteiger partial charge in [0.05, 0.1) is 24.3 Å². The number of hydrogen-bond donors (Lipinski definition) is 1. The maximum absolute atomic E-state index is 12.3. The second kappa shape index (κ2) is 7.90. The number of ether oxygens (including phenoxy) is 1. The predicted molar refractivity (Wildman–Crippen MR) is 101 cm³/mol. The van der Waals surface area contributed by atoms with Crippen LogP contribution in [0, 0.1) is 0 Å². The molecule has 4 heterocycles. The van der Waals surface area contributed by atoms with Crippen molar-refractivity contribution in [3.63, 3.8) is 0 Å². The summed E-state index contributed by atoms with van der Waals surface area (Å²) in [6, 6.07) is 3.82. The Morgan fingerprint density at radius 2 is 2.19 bits per heavy atom. The smallest absolute Gasteiger partial charge is 0.317 e. The summed E-state index contributed by atoms with van der Waals surface area (Å²) < 4.78 is 6.21. The standard InChI is InChI=1S/C18H23N5O2S/c24-18(20-10-14-12-26-13-21-14)23-9-5-15(11-23)25-16-4-3-6-19-17(16)22-7-1-2-8-22/h3-4,6,12-13,15H,1-2,5,7-11H2,(H,20,24)/t15-/m1/s1. The number of rotatable bonds is 5. The third-order valence-electron chi connectivity index (χ3n) is 4.79. The van der Waals surface area contributed by atoms with Crippen molar-refractivity contribution in [2.24, 2.45) is 0 Å². The summed E-state index contributed by atoms with van der Waals surface area (Å²) >= 11 is 1.53. The zero-order valence-electron chi connectivity index (χ0n) is 14.6. The molecular weight excluding hydrogens is 350 g/mol. The highest BCUT2D eigenvalue weighted by molar-refractivity contribution is 7.07. The molecule has 1 N–H and O–H groups in total. The first-order valence-electron chi connectivity index (χ1n) is 9.06. The molecular formula is C18H23N5O2S. The van der Waals surface area contributed by atoms with Gasteiger partial charge in [-0.2, -0.15) is 0 Å². The highest BCUT2D eigenvalue weighted by Crippen LogP contribution is 2.30. The molecule has 2 aliphatic rings. The van der Waals surface area contributed by atoms with Gasteiger partial charge in [0.2, 0.25) is 0 Å². The Labute approximate surface area is 157 Å². The summed E-state index contributed by atoms with van der Waals surface area (Å²) in [7, 11) is 0. The molecule has 0 aromatic carbocycles. The lowest BCUT2D eigenvalue weighted by Crippen LogP contribution is -2.39. The minimum absolute atomic E-state index is 0.00516. The van der Waals surface area contributed by atoms with Gasteiger partial charge in [-0.25, -0.2) is 14.8 Å². The van der Waals surface area contributed by atoms with E-state index in [1.54, 1.807) is 5.51 Å². The average molecular weight is 373 g/mol. The van der Waals surface area contributed by atoms with E-state index in [-0.39, 0.29) is 12.1 Å². The molecule has 0 saturated carbocycles. The van der Waals surface area contributed by atoms with Crippen molar-refractivity contribution in [1.29, 1.82) is 0 Å². The molecule has 0 spiro atoms. The van der Waals surface area contributed by atoms with Crippen molar-refractivity contribution in [3.05, 3.63) is 34.9 Å². The Kier molecular flexibility index (Phi) is 5.19. The van der Waals surface area contributed by atoms with E-state index >= 15 is 0 Å². The number of thiazole rings is 1. The second-order valence-electron chi connectivity index (χ2n) is 6.63. The van der Waals surface area contributed by atoms with Crippen LogP contribution in [0.15, 0.2) is 29.2 Å². The Hall–Kier alpha value is -2.35. The van der Waals surface area contributed by atoms with Crippen LogP contribution in [0.3, 0.4) is 0 Å². The fraction of sp³-hybridized carbons (Fsp3) is 0.500. The topological polar surface area (TPSA) is 70.6 Å². The van der Waals surface area contributed by atoms with Crippen molar-refractivity contribution >= 4 is 23.2 Å². The number of likely N-dealkylation sites (tertiary alicyclic amines) is 1. The minimum atomic E-state index is -0.0601. The van der Waals surface area contributed by atoms with Crippen molar-refractivity contribution in [1.82, 2.24) is 20.2 Å². The van der Waals surface area contributed by atoms with E-state index in [1.807, 2.05) is 28.6 Å². The minimum Gasteiger partial charge on any atom is -0.485 e. The molecule has 4 rings (SSSR count). The molecule has 0 bridgehead atoms. The zero-order chi connectivity index (χ0) is 17.8. The van der Waals surface area contributed by atoms with Crippen molar-refractivity contribution in [2.45, 2.75) is 31.9 Å². The average Bonchev–Trinajstić information content (AvgIpc) is 3.42. The fourth-order valence-electron chi connectivity index (χ4n) is 3.43. The van der Waals surface area contributed by atoms with Crippen LogP contribution in [0.4, 0.5) is 10.6 Å². The molecule has 2 amide bonds. The van der Waals surface area contributed by atoms with Gasteiger partial charge in [-0.05, 0) is 25.0 Å². The third kappa shape index (κ3) is 3.90. The van der Waals surface area contributed by atoms with E-state index < -0.39 is 0 Å². The van der Waals surface area contributed by atoms with Gasteiger partial charge in [-0.1, -0.05) is 0 Å². The SMILES string of the molecule is O=C(NCc1cscn1)N1CC[C@@H](Oc2cccnc2N2CCCC2)C1. The number of carbonyl (C=O) groups excluding carboxylic acids is 1. The van der Waals surface area contributed by atoms with Crippen LogP contribution in [0.1, 0.15) is 25.0 Å². The highest BCUT2D eigenvalue weighted by atomic mass is 32.1. The fourth-order valence-corrected chi connectivity index (χ4v) is 3.99. The lowest BCUT2D eigenvalue weighted by atomic mass is 10.3. The lowest BCUT2D eigenvalue weighted by Gasteiger charge is -2.22. The normalized spacial score (nSPS) is 19.8. The quantitative estimate of drug-likeness (QED) is 0.872. The number of carbonyl (C=O) groups is 1. The highest BCUT2D eigenvalue weighted by Gasteiger charge is 2.29. The first-order valence-corrected chi connectivity index (χ1v) is 10.0. The number of nitrogens with one attached hydrogen (secondary N) is 1. The molecule has 2 saturated heterocycles. The third-order valence-corrected chi connectivity index (χ3v) is 5.42. The first kappa shape index (κ1) is 17.1. The van der Waals surface area contributed by atoms with Crippen LogP contribution in [0.2, 0.25) is 0 Å². The van der Waals surface area contributed by atoms with Crippen LogP contribution in [0.25, 0.3) is 0 Å². The summed E-state index contributed by atoms with van der Waals surface area (Å²) in [4.78, 5) is 25.1. The predicted octanol–water partition coefficient (Wildman–Crippen LogP) is 2.50. The number of hydrogen-bond acceptors (Lipinski definition) is 6. The van der Waals surface area contributed by atoms with Gasteiger partial charge in [0.1, 0.15) is 6.10 Å². The summed E-state index contributed by atoms with van der Waals surface area (Å²) in [5.74, 6) is 1.75. The van der Waals surface area contributed by atoms with E-state index in [2.05, 4.69) is 20.2 Å². The van der Waals surface area contributed by atoms with Crippen LogP contribution in [-0.4, -0.2) is 53.2 Å². The second-order valence-corrected chi connectivity index (χ2v) is 7.35. The summed E-state index contributed by atoms with van der Waals surface area (Å²) in [6.45, 7) is 3.82. The monoisotopic (exact) mass is 373 g/mol. The van der Waals surface area contributed by atoms with E-state index in [0.29, 0.717) is 19.6 Å². The Morgan fingerprint density at radius 3 is 3.00 bits per heavy atom. The van der Waals surface area contributed by atoms with Gasteiger partial charge in [0, 0.05) is 37.6 Å². The molecule has 0 radical (unpaired) electrons. The van der Waals surface area contributed by atoms with Gasteiger partial charge in [-0.15, -0.1) is 11.3 Å². The molecule has 8 heteroatoms. The van der Waals surface area contributed by atoms with Crippen LogP contribution >= 0.6 is 11.3 Å². The summed E-state index contributed by atoms with van der Waals surface area (Å²) in [5.41, 5.74) is 2.66. The van der Waals surface area contributed by atoms with Gasteiger partial charge in [0.15, 0.2) is 11.6 Å². The van der Waals surface area contributed by atoms with E-state index in [0.717, 1.165) is 36.8 Å². The molecule has 2 aromatic heterocycles. The Bertz CT molecular complexity index is 733. The number of amides is 2. The van der Waals surface area contributed by atoms with E-state index in [4.69, 9.17) is 4.74 Å². The Balaban J connectivity index is 1.32. The van der Waals surface area contributed by atoms with Gasteiger partial charge < -0.3 is 19.9 Å². The number of nitrogens with zero attached hydrogens (tertiary/aromatic N) is 4. The van der Waals surface area contributed by atoms with Crippen molar-refractivity contribution in [3.8, 4) is 5.75 Å². The van der Waals surface area contributed by atoms with Gasteiger partial charge in [0.25, 0.3) is 0 Å². The Morgan fingerprint density at radius 1 is 1.31 bits per heavy atom. The molecule has 2 aliphatic heterocycles. The maximum Gasteiger partial charge on any atom is 0.317 e.